The van der Waals surface area contributed by atoms with Gasteiger partial charge >= 0.3 is 0 Å². The molecule has 0 bridgehead atoms. The van der Waals surface area contributed by atoms with Crippen LogP contribution in [0.3, 0.4) is 0 Å². The lowest BCUT2D eigenvalue weighted by Gasteiger charge is -2.22. The molecule has 0 aliphatic heterocycles. The fourth-order valence-corrected chi connectivity index (χ4v) is 1.71. The monoisotopic (exact) mass is 302 g/mol. The summed E-state index contributed by atoms with van der Waals surface area (Å²) < 4.78 is 6.10. The smallest absolute Gasteiger partial charge is 0.226 e. The van der Waals surface area contributed by atoms with E-state index in [0.29, 0.717) is 35.5 Å². The Kier molecular flexibility index (Phi) is 5.64. The van der Waals surface area contributed by atoms with Crippen LogP contribution >= 0.6 is 15.9 Å². The molecule has 0 aromatic carbocycles. The Morgan fingerprint density at radius 3 is 2.71 bits per heavy atom. The summed E-state index contributed by atoms with van der Waals surface area (Å²) in [4.78, 5) is 8.36. The van der Waals surface area contributed by atoms with Gasteiger partial charge in [0, 0.05) is 12.7 Å². The first-order valence-electron chi connectivity index (χ1n) is 5.67. The maximum absolute atomic E-state index is 5.66. The first kappa shape index (κ1) is 14.2. The molecule has 0 aliphatic rings. The van der Waals surface area contributed by atoms with Gasteiger partial charge in [0.2, 0.25) is 5.95 Å². The van der Waals surface area contributed by atoms with Gasteiger partial charge in [-0.2, -0.15) is 4.98 Å². The van der Waals surface area contributed by atoms with Crippen LogP contribution in [0.25, 0.3) is 0 Å². The highest BCUT2D eigenvalue weighted by Gasteiger charge is 2.15. The van der Waals surface area contributed by atoms with Crippen molar-refractivity contribution < 1.29 is 4.74 Å². The molecule has 0 aliphatic carbocycles. The molecule has 1 unspecified atom stereocenters. The predicted octanol–water partition coefficient (Wildman–Crippen LogP) is 2.29. The zero-order valence-corrected chi connectivity index (χ0v) is 12.0. The third-order valence-electron chi connectivity index (χ3n) is 2.34. The van der Waals surface area contributed by atoms with Crippen molar-refractivity contribution in [1.29, 1.82) is 0 Å². The Morgan fingerprint density at radius 1 is 1.47 bits per heavy atom. The number of rotatable bonds is 6. The maximum Gasteiger partial charge on any atom is 0.226 e. The van der Waals surface area contributed by atoms with Crippen LogP contribution in [0.4, 0.5) is 11.8 Å². The number of anilines is 2. The van der Waals surface area contributed by atoms with Gasteiger partial charge in [0.1, 0.15) is 10.4 Å². The van der Waals surface area contributed by atoms with E-state index in [1.54, 1.807) is 6.07 Å². The number of nitrogens with zero attached hydrogens (tertiary/aromatic N) is 2. The summed E-state index contributed by atoms with van der Waals surface area (Å²) in [5.41, 5.74) is 5.66. The van der Waals surface area contributed by atoms with Gasteiger partial charge in [0.15, 0.2) is 0 Å². The molecule has 0 spiro atoms. The number of ether oxygens (including phenoxy) is 1. The first-order valence-corrected chi connectivity index (χ1v) is 6.46. The van der Waals surface area contributed by atoms with Crippen molar-refractivity contribution in [1.82, 2.24) is 9.97 Å². The van der Waals surface area contributed by atoms with Gasteiger partial charge in [0.05, 0.1) is 12.6 Å². The zero-order valence-electron chi connectivity index (χ0n) is 10.4. The molecule has 0 fully saturated rings. The lowest BCUT2D eigenvalue weighted by molar-refractivity contribution is 0.126. The molecule has 1 atom stereocenters. The van der Waals surface area contributed by atoms with Crippen molar-refractivity contribution in [3.63, 3.8) is 0 Å². The van der Waals surface area contributed by atoms with Crippen molar-refractivity contribution in [3.8, 4) is 0 Å². The van der Waals surface area contributed by atoms with E-state index in [9.17, 15) is 0 Å². The summed E-state index contributed by atoms with van der Waals surface area (Å²) in [5.74, 6) is 1.38. The van der Waals surface area contributed by atoms with Crippen LogP contribution in [0.15, 0.2) is 10.7 Å². The summed E-state index contributed by atoms with van der Waals surface area (Å²) in [6.45, 7) is 7.55. The van der Waals surface area contributed by atoms with Gasteiger partial charge in [0.25, 0.3) is 0 Å². The van der Waals surface area contributed by atoms with Crippen LogP contribution in [0.5, 0.6) is 0 Å². The molecule has 1 aromatic heterocycles. The van der Waals surface area contributed by atoms with E-state index in [1.165, 1.54) is 0 Å². The molecule has 3 N–H and O–H groups in total. The van der Waals surface area contributed by atoms with E-state index in [0.717, 1.165) is 0 Å². The summed E-state index contributed by atoms with van der Waals surface area (Å²) in [6, 6.07) is 1.83. The maximum atomic E-state index is 5.66. The fourth-order valence-electron chi connectivity index (χ4n) is 1.31. The van der Waals surface area contributed by atoms with Crippen molar-refractivity contribution >= 4 is 27.7 Å². The molecule has 0 saturated carbocycles. The first-order chi connectivity index (χ1) is 8.02. The average molecular weight is 303 g/mol. The Bertz CT molecular complexity index is 339. The second-order valence-electron chi connectivity index (χ2n) is 4.09. The van der Waals surface area contributed by atoms with Crippen molar-refractivity contribution in [2.45, 2.75) is 26.8 Å². The minimum Gasteiger partial charge on any atom is -0.383 e. The molecule has 6 heteroatoms. The van der Waals surface area contributed by atoms with Crippen LogP contribution in [0.2, 0.25) is 0 Å². The highest BCUT2D eigenvalue weighted by atomic mass is 79.9. The highest BCUT2D eigenvalue weighted by molar-refractivity contribution is 9.10. The van der Waals surface area contributed by atoms with Gasteiger partial charge in [-0.15, -0.1) is 0 Å². The molecule has 17 heavy (non-hydrogen) atoms. The molecule has 5 nitrogen and oxygen atoms in total. The Balaban J connectivity index is 2.71. The second kappa shape index (κ2) is 6.76. The van der Waals surface area contributed by atoms with Gasteiger partial charge in [-0.3, -0.25) is 0 Å². The normalized spacial score (nSPS) is 12.8. The summed E-state index contributed by atoms with van der Waals surface area (Å²) >= 11 is 3.29. The van der Waals surface area contributed by atoms with E-state index in [-0.39, 0.29) is 6.04 Å². The van der Waals surface area contributed by atoms with Crippen molar-refractivity contribution in [2.75, 3.05) is 24.3 Å². The third-order valence-corrected chi connectivity index (χ3v) is 2.74. The summed E-state index contributed by atoms with van der Waals surface area (Å²) in [5, 5.41) is 3.24. The Morgan fingerprint density at radius 2 is 2.18 bits per heavy atom. The molecular weight excluding hydrogens is 284 g/mol. The lowest BCUT2D eigenvalue weighted by atomic mass is 10.1. The zero-order chi connectivity index (χ0) is 12.8. The van der Waals surface area contributed by atoms with Crippen molar-refractivity contribution in [2.24, 2.45) is 5.92 Å². The molecule has 96 valence electrons. The standard InChI is InChI=1S/C11H19BrN4O/c1-4-17-6-8(7(2)3)14-11-15-9(12)5-10(13)16-11/h5,7-8H,4,6H2,1-3H3,(H3,13,14,15,16). The molecule has 1 aromatic rings. The average Bonchev–Trinajstić information content (AvgIpc) is 2.22. The van der Waals surface area contributed by atoms with Crippen LogP contribution < -0.4 is 11.1 Å². The Hall–Kier alpha value is -0.880. The van der Waals surface area contributed by atoms with E-state index in [2.05, 4.69) is 45.1 Å². The van der Waals surface area contributed by atoms with E-state index in [1.807, 2.05) is 6.92 Å². The third kappa shape index (κ3) is 4.87. The molecule has 1 heterocycles. The quantitative estimate of drug-likeness (QED) is 0.789. The number of hydrogen-bond acceptors (Lipinski definition) is 5. The van der Waals surface area contributed by atoms with Gasteiger partial charge in [-0.05, 0) is 28.8 Å². The van der Waals surface area contributed by atoms with Crippen LogP contribution in [-0.4, -0.2) is 29.2 Å². The number of nitrogens with one attached hydrogen (secondary N) is 1. The fraction of sp³-hybridized carbons (Fsp3) is 0.636. The largest absolute Gasteiger partial charge is 0.383 e. The molecule has 1 rings (SSSR count). The second-order valence-corrected chi connectivity index (χ2v) is 4.91. The van der Waals surface area contributed by atoms with Crippen LogP contribution in [-0.2, 0) is 4.74 Å². The van der Waals surface area contributed by atoms with Crippen LogP contribution in [0.1, 0.15) is 20.8 Å². The van der Waals surface area contributed by atoms with Crippen molar-refractivity contribution in [3.05, 3.63) is 10.7 Å². The molecule has 0 saturated heterocycles. The number of hydrogen-bond donors (Lipinski definition) is 2. The number of nitrogens with two attached hydrogens (primary N) is 1. The predicted molar refractivity (Wildman–Crippen MR) is 72.9 cm³/mol. The molecule has 0 radical (unpaired) electrons. The number of aromatic nitrogens is 2. The van der Waals surface area contributed by atoms with Gasteiger partial charge in [-0.1, -0.05) is 13.8 Å². The SMILES string of the molecule is CCOCC(Nc1nc(N)cc(Br)n1)C(C)C. The lowest BCUT2D eigenvalue weighted by Crippen LogP contribution is -2.31. The Labute approximate surface area is 110 Å². The number of halogens is 1. The van der Waals surface area contributed by atoms with E-state index >= 15 is 0 Å². The van der Waals surface area contributed by atoms with Crippen LogP contribution in [0, 0.1) is 5.92 Å². The van der Waals surface area contributed by atoms with E-state index in [4.69, 9.17) is 10.5 Å². The topological polar surface area (TPSA) is 73.1 Å². The minimum atomic E-state index is 0.170. The molecule has 0 amide bonds. The summed E-state index contributed by atoms with van der Waals surface area (Å²) in [6.07, 6.45) is 0. The van der Waals surface area contributed by atoms with E-state index < -0.39 is 0 Å². The minimum absolute atomic E-state index is 0.170. The molecular formula is C11H19BrN4O. The van der Waals surface area contributed by atoms with Gasteiger partial charge in [-0.25, -0.2) is 4.98 Å². The number of nitrogen functional groups attached to an aromatic ring is 1. The summed E-state index contributed by atoms with van der Waals surface area (Å²) in [7, 11) is 0. The van der Waals surface area contributed by atoms with Gasteiger partial charge < -0.3 is 15.8 Å². The highest BCUT2D eigenvalue weighted by Crippen LogP contribution is 2.15.